The molecule has 0 atom stereocenters. The summed E-state index contributed by atoms with van der Waals surface area (Å²) in [5.41, 5.74) is 3.34. The Hall–Kier alpha value is -3.86. The Kier molecular flexibility index (Phi) is 6.05. The first-order valence-electron chi connectivity index (χ1n) is 10.9. The zero-order valence-electron chi connectivity index (χ0n) is 19.4. The summed E-state index contributed by atoms with van der Waals surface area (Å²) in [5, 5.41) is 0.911. The average molecular weight is 441 g/mol. The maximum atomic E-state index is 13.7. The van der Waals surface area contributed by atoms with Crippen LogP contribution in [0.15, 0.2) is 83.7 Å². The highest BCUT2D eigenvalue weighted by molar-refractivity contribution is 6.06. The van der Waals surface area contributed by atoms with Crippen molar-refractivity contribution in [3.63, 3.8) is 0 Å². The number of carbonyl (C=O) groups excluding carboxylic acids is 1. The summed E-state index contributed by atoms with van der Waals surface area (Å²) in [6.07, 6.45) is 0. The van der Waals surface area contributed by atoms with Crippen LogP contribution in [0.5, 0.6) is 5.75 Å². The molecule has 33 heavy (non-hydrogen) atoms. The van der Waals surface area contributed by atoms with E-state index in [1.54, 1.807) is 12.0 Å². The summed E-state index contributed by atoms with van der Waals surface area (Å²) in [5.74, 6) is 0.363. The van der Waals surface area contributed by atoms with Gasteiger partial charge in [-0.25, -0.2) is 0 Å². The number of rotatable bonds is 5. The standard InChI is InChI=1S/C28H28N2O3/c1-28(2,3)22-15-13-19(14-16-22)27(32)30(24-11-7-8-12-25(24)33-4)18-21-17-20-9-5-6-10-23(20)29-26(21)31/h5-17H,18H2,1-4H3,(H,29,31). The van der Waals surface area contributed by atoms with E-state index < -0.39 is 0 Å². The van der Waals surface area contributed by atoms with E-state index in [-0.39, 0.29) is 23.4 Å². The molecule has 4 rings (SSSR count). The molecular formula is C28H28N2O3. The van der Waals surface area contributed by atoms with Gasteiger partial charge in [0.1, 0.15) is 5.75 Å². The number of para-hydroxylation sites is 3. The molecule has 5 nitrogen and oxygen atoms in total. The Morgan fingerprint density at radius 3 is 2.30 bits per heavy atom. The summed E-state index contributed by atoms with van der Waals surface area (Å²) in [7, 11) is 1.57. The number of amides is 1. The number of ether oxygens (including phenoxy) is 1. The molecule has 0 unspecified atom stereocenters. The molecule has 0 aliphatic carbocycles. The van der Waals surface area contributed by atoms with Crippen molar-refractivity contribution in [1.29, 1.82) is 0 Å². The quantitative estimate of drug-likeness (QED) is 0.434. The normalized spacial score (nSPS) is 11.4. The molecule has 0 spiro atoms. The fraction of sp³-hybridized carbons (Fsp3) is 0.214. The number of hydrogen-bond acceptors (Lipinski definition) is 3. The molecule has 1 aromatic heterocycles. The highest BCUT2D eigenvalue weighted by atomic mass is 16.5. The third kappa shape index (κ3) is 4.67. The monoisotopic (exact) mass is 440 g/mol. The van der Waals surface area contributed by atoms with Gasteiger partial charge in [-0.15, -0.1) is 0 Å². The van der Waals surface area contributed by atoms with Gasteiger partial charge >= 0.3 is 0 Å². The van der Waals surface area contributed by atoms with Crippen LogP contribution in [-0.2, 0) is 12.0 Å². The fourth-order valence-corrected chi connectivity index (χ4v) is 3.87. The van der Waals surface area contributed by atoms with Crippen molar-refractivity contribution < 1.29 is 9.53 Å². The van der Waals surface area contributed by atoms with Gasteiger partial charge in [-0.3, -0.25) is 9.59 Å². The van der Waals surface area contributed by atoms with Crippen LogP contribution in [0.25, 0.3) is 10.9 Å². The van der Waals surface area contributed by atoms with Gasteiger partial charge in [-0.2, -0.15) is 0 Å². The summed E-state index contributed by atoms with van der Waals surface area (Å²) in [6, 6.07) is 24.4. The van der Waals surface area contributed by atoms with Crippen LogP contribution in [0.1, 0.15) is 42.3 Å². The minimum absolute atomic E-state index is 0.0116. The van der Waals surface area contributed by atoms with Gasteiger partial charge in [0.25, 0.3) is 11.5 Å². The highest BCUT2D eigenvalue weighted by Crippen LogP contribution is 2.31. The number of H-pyrrole nitrogens is 1. The summed E-state index contributed by atoms with van der Waals surface area (Å²) < 4.78 is 5.53. The van der Waals surface area contributed by atoms with E-state index in [1.807, 2.05) is 78.9 Å². The summed E-state index contributed by atoms with van der Waals surface area (Å²) in [6.45, 7) is 6.52. The molecule has 0 radical (unpaired) electrons. The van der Waals surface area contributed by atoms with Crippen molar-refractivity contribution in [1.82, 2.24) is 4.98 Å². The molecule has 0 aliphatic heterocycles. The number of methoxy groups -OCH3 is 1. The SMILES string of the molecule is COc1ccccc1N(Cc1cc2ccccc2[nH]c1=O)C(=O)c1ccc(C(C)(C)C)cc1. The Morgan fingerprint density at radius 2 is 1.61 bits per heavy atom. The van der Waals surface area contributed by atoms with Crippen LogP contribution in [-0.4, -0.2) is 18.0 Å². The van der Waals surface area contributed by atoms with Gasteiger partial charge in [0.05, 0.1) is 19.3 Å². The number of anilines is 1. The molecule has 0 saturated carbocycles. The van der Waals surface area contributed by atoms with Gasteiger partial charge in [0, 0.05) is 16.6 Å². The number of nitrogens with one attached hydrogen (secondary N) is 1. The summed E-state index contributed by atoms with van der Waals surface area (Å²) >= 11 is 0. The third-order valence-electron chi connectivity index (χ3n) is 5.78. The molecule has 1 N–H and O–H groups in total. The Bertz CT molecular complexity index is 1350. The zero-order valence-corrected chi connectivity index (χ0v) is 19.4. The number of benzene rings is 3. The lowest BCUT2D eigenvalue weighted by molar-refractivity contribution is 0.0984. The van der Waals surface area contributed by atoms with Crippen molar-refractivity contribution in [2.75, 3.05) is 12.0 Å². The molecule has 3 aromatic carbocycles. The Morgan fingerprint density at radius 1 is 0.939 bits per heavy atom. The topological polar surface area (TPSA) is 62.4 Å². The van der Waals surface area contributed by atoms with E-state index in [4.69, 9.17) is 4.74 Å². The fourth-order valence-electron chi connectivity index (χ4n) is 3.87. The van der Waals surface area contributed by atoms with Crippen LogP contribution in [0.3, 0.4) is 0 Å². The highest BCUT2D eigenvalue weighted by Gasteiger charge is 2.23. The van der Waals surface area contributed by atoms with E-state index in [1.165, 1.54) is 0 Å². The lowest BCUT2D eigenvalue weighted by atomic mass is 9.86. The molecule has 0 bridgehead atoms. The smallest absolute Gasteiger partial charge is 0.258 e. The number of aromatic nitrogens is 1. The predicted octanol–water partition coefficient (Wildman–Crippen LogP) is 5.68. The molecule has 0 fully saturated rings. The van der Waals surface area contributed by atoms with Crippen LogP contribution in [0, 0.1) is 0 Å². The molecular weight excluding hydrogens is 412 g/mol. The molecule has 5 heteroatoms. The maximum absolute atomic E-state index is 13.7. The van der Waals surface area contributed by atoms with Gasteiger partial charge in [-0.05, 0) is 52.8 Å². The van der Waals surface area contributed by atoms with Crippen molar-refractivity contribution in [2.24, 2.45) is 0 Å². The maximum Gasteiger partial charge on any atom is 0.258 e. The largest absolute Gasteiger partial charge is 0.495 e. The number of fused-ring (bicyclic) bond motifs is 1. The van der Waals surface area contributed by atoms with Crippen LogP contribution < -0.4 is 15.2 Å². The minimum atomic E-state index is -0.218. The number of nitrogens with zero attached hydrogens (tertiary/aromatic N) is 1. The van der Waals surface area contributed by atoms with E-state index >= 15 is 0 Å². The molecule has 1 amide bonds. The van der Waals surface area contributed by atoms with Gasteiger partial charge in [0.2, 0.25) is 0 Å². The van der Waals surface area contributed by atoms with E-state index in [2.05, 4.69) is 25.8 Å². The van der Waals surface area contributed by atoms with E-state index in [0.717, 1.165) is 16.5 Å². The van der Waals surface area contributed by atoms with Crippen LogP contribution in [0.4, 0.5) is 5.69 Å². The summed E-state index contributed by atoms with van der Waals surface area (Å²) in [4.78, 5) is 31.1. The van der Waals surface area contributed by atoms with E-state index in [0.29, 0.717) is 22.6 Å². The lowest BCUT2D eigenvalue weighted by Crippen LogP contribution is -2.33. The van der Waals surface area contributed by atoms with Crippen LogP contribution >= 0.6 is 0 Å². The second-order valence-electron chi connectivity index (χ2n) is 9.10. The van der Waals surface area contributed by atoms with Crippen LogP contribution in [0.2, 0.25) is 0 Å². The predicted molar refractivity (Wildman–Crippen MR) is 133 cm³/mol. The number of carbonyl (C=O) groups is 1. The first-order valence-corrected chi connectivity index (χ1v) is 10.9. The first-order chi connectivity index (χ1) is 15.8. The molecule has 168 valence electrons. The third-order valence-corrected chi connectivity index (χ3v) is 5.78. The minimum Gasteiger partial charge on any atom is -0.495 e. The molecule has 4 aromatic rings. The van der Waals surface area contributed by atoms with E-state index in [9.17, 15) is 9.59 Å². The molecule has 1 heterocycles. The second kappa shape index (κ2) is 8.94. The average Bonchev–Trinajstić information content (AvgIpc) is 2.82. The number of hydrogen-bond donors (Lipinski definition) is 1. The molecule has 0 aliphatic rings. The lowest BCUT2D eigenvalue weighted by Gasteiger charge is -2.25. The van der Waals surface area contributed by atoms with Crippen molar-refractivity contribution in [2.45, 2.75) is 32.7 Å². The zero-order chi connectivity index (χ0) is 23.6. The first kappa shape index (κ1) is 22.3. The second-order valence-corrected chi connectivity index (χ2v) is 9.10. The molecule has 0 saturated heterocycles. The van der Waals surface area contributed by atoms with Gasteiger partial charge in [0.15, 0.2) is 0 Å². The number of pyridine rings is 1. The van der Waals surface area contributed by atoms with Crippen molar-refractivity contribution >= 4 is 22.5 Å². The Labute approximate surface area is 193 Å². The van der Waals surface area contributed by atoms with Crippen molar-refractivity contribution in [3.05, 3.63) is 106 Å². The Balaban J connectivity index is 1.78. The van der Waals surface area contributed by atoms with Crippen molar-refractivity contribution in [3.8, 4) is 5.75 Å². The number of aromatic amines is 1. The van der Waals surface area contributed by atoms with Gasteiger partial charge < -0.3 is 14.6 Å². The van der Waals surface area contributed by atoms with Gasteiger partial charge in [-0.1, -0.05) is 63.2 Å².